The average Bonchev–Trinajstić information content (AvgIpc) is 3.03. The van der Waals surface area contributed by atoms with Gasteiger partial charge >= 0.3 is 6.18 Å². The van der Waals surface area contributed by atoms with Gasteiger partial charge in [-0.15, -0.1) is 0 Å². The van der Waals surface area contributed by atoms with Gasteiger partial charge in [-0.25, -0.2) is 0 Å². The Kier molecular flexibility index (Phi) is 3.75. The molecule has 0 bridgehead atoms. The zero-order valence-corrected chi connectivity index (χ0v) is 10.5. The van der Waals surface area contributed by atoms with Gasteiger partial charge in [-0.3, -0.25) is 0 Å². The summed E-state index contributed by atoms with van der Waals surface area (Å²) in [5.74, 6) is 0. The van der Waals surface area contributed by atoms with E-state index < -0.39 is 12.2 Å². The van der Waals surface area contributed by atoms with Crippen molar-refractivity contribution in [2.24, 2.45) is 0 Å². The molecule has 2 N–H and O–H groups in total. The van der Waals surface area contributed by atoms with Crippen LogP contribution < -0.4 is 10.6 Å². The number of hydrogen-bond acceptors (Lipinski definition) is 2. The van der Waals surface area contributed by atoms with E-state index in [0.717, 1.165) is 11.0 Å². The monoisotopic (exact) mass is 308 g/mol. The highest BCUT2D eigenvalue weighted by atomic mass is 79.9. The molecule has 1 saturated heterocycles. The van der Waals surface area contributed by atoms with E-state index in [1.54, 1.807) is 12.1 Å². The van der Waals surface area contributed by atoms with Crippen LogP contribution in [0.25, 0.3) is 0 Å². The maximum Gasteiger partial charge on any atom is 0.407 e. The van der Waals surface area contributed by atoms with Crippen LogP contribution in [0.15, 0.2) is 28.7 Å². The van der Waals surface area contributed by atoms with Crippen molar-refractivity contribution >= 4 is 15.9 Å². The van der Waals surface area contributed by atoms with Crippen molar-refractivity contribution < 1.29 is 13.2 Å². The van der Waals surface area contributed by atoms with E-state index in [9.17, 15) is 13.2 Å². The molecule has 2 nitrogen and oxygen atoms in total. The van der Waals surface area contributed by atoms with Crippen LogP contribution in [0, 0.1) is 0 Å². The van der Waals surface area contributed by atoms with Crippen LogP contribution in [-0.4, -0.2) is 25.3 Å². The van der Waals surface area contributed by atoms with Gasteiger partial charge in [0.15, 0.2) is 0 Å². The fraction of sp³-hybridized carbons (Fsp3) is 0.455. The van der Waals surface area contributed by atoms with Crippen molar-refractivity contribution in [3.8, 4) is 0 Å². The van der Waals surface area contributed by atoms with Gasteiger partial charge in [0.2, 0.25) is 0 Å². The van der Waals surface area contributed by atoms with Gasteiger partial charge in [-0.1, -0.05) is 28.1 Å². The van der Waals surface area contributed by atoms with Crippen molar-refractivity contribution in [1.82, 2.24) is 10.6 Å². The lowest BCUT2D eigenvalue weighted by Gasteiger charge is -2.22. The predicted molar refractivity (Wildman–Crippen MR) is 62.7 cm³/mol. The van der Waals surface area contributed by atoms with E-state index in [2.05, 4.69) is 26.6 Å². The number of alkyl halides is 3. The molecular formula is C11H12BrF3N2. The van der Waals surface area contributed by atoms with Gasteiger partial charge in [0.05, 0.1) is 0 Å². The zero-order valence-electron chi connectivity index (χ0n) is 8.89. The van der Waals surface area contributed by atoms with Crippen LogP contribution in [-0.2, 0) is 0 Å². The van der Waals surface area contributed by atoms with Gasteiger partial charge < -0.3 is 10.6 Å². The summed E-state index contributed by atoms with van der Waals surface area (Å²) in [5, 5.41) is 5.52. The molecule has 0 aromatic heterocycles. The van der Waals surface area contributed by atoms with Gasteiger partial charge in [-0.05, 0) is 17.7 Å². The first kappa shape index (κ1) is 12.9. The van der Waals surface area contributed by atoms with Crippen LogP contribution in [0.5, 0.6) is 0 Å². The molecule has 0 amide bonds. The molecule has 0 saturated carbocycles. The summed E-state index contributed by atoms with van der Waals surface area (Å²) in [4.78, 5) is 0. The number of halogens is 4. The third kappa shape index (κ3) is 3.69. The lowest BCUT2D eigenvalue weighted by Crippen LogP contribution is -2.36. The summed E-state index contributed by atoms with van der Waals surface area (Å²) in [5.41, 5.74) is 0.237. The van der Waals surface area contributed by atoms with Crippen molar-refractivity contribution in [3.63, 3.8) is 0 Å². The molecule has 1 fully saturated rings. The van der Waals surface area contributed by atoms with Gasteiger partial charge in [0.25, 0.3) is 0 Å². The van der Waals surface area contributed by atoms with Crippen molar-refractivity contribution in [2.75, 3.05) is 13.1 Å². The van der Waals surface area contributed by atoms with Crippen molar-refractivity contribution in [1.29, 1.82) is 0 Å². The zero-order chi connectivity index (χ0) is 12.5. The standard InChI is InChI=1S/C11H12BrF3N2/c12-8-3-1-7(2-4-8)10(11(13,14)15)17-6-9-5-16-9/h1-4,9-10,16-17H,5-6H2/t9-,10+/m1/s1. The quantitative estimate of drug-likeness (QED) is 0.839. The second-order valence-corrected chi connectivity index (χ2v) is 4.96. The smallest absolute Gasteiger partial charge is 0.310 e. The number of hydrogen-bond donors (Lipinski definition) is 2. The van der Waals surface area contributed by atoms with Crippen LogP contribution >= 0.6 is 15.9 Å². The second-order valence-electron chi connectivity index (χ2n) is 4.04. The molecule has 6 heteroatoms. The Bertz CT molecular complexity index is 373. The average molecular weight is 309 g/mol. The first-order valence-electron chi connectivity index (χ1n) is 5.26. The topological polar surface area (TPSA) is 34.0 Å². The Labute approximate surface area is 106 Å². The molecule has 1 aromatic carbocycles. The fourth-order valence-electron chi connectivity index (χ4n) is 1.57. The van der Waals surface area contributed by atoms with Crippen molar-refractivity contribution in [2.45, 2.75) is 18.3 Å². The number of nitrogens with one attached hydrogen (secondary N) is 2. The molecule has 17 heavy (non-hydrogen) atoms. The molecule has 2 rings (SSSR count). The molecule has 1 aliphatic heterocycles. The molecular weight excluding hydrogens is 297 g/mol. The first-order valence-corrected chi connectivity index (χ1v) is 6.05. The SMILES string of the molecule is FC(F)(F)[C@@H](NC[C@H]1CN1)c1ccc(Br)cc1. The van der Waals surface area contributed by atoms with E-state index >= 15 is 0 Å². The molecule has 0 radical (unpaired) electrons. The Morgan fingerprint density at radius 3 is 2.41 bits per heavy atom. The maximum atomic E-state index is 12.9. The Morgan fingerprint density at radius 2 is 1.94 bits per heavy atom. The lowest BCUT2D eigenvalue weighted by molar-refractivity contribution is -0.157. The Morgan fingerprint density at radius 1 is 1.35 bits per heavy atom. The largest absolute Gasteiger partial charge is 0.407 e. The first-order chi connectivity index (χ1) is 7.97. The number of rotatable bonds is 4. The molecule has 2 atom stereocenters. The van der Waals surface area contributed by atoms with Crippen LogP contribution in [0.2, 0.25) is 0 Å². The molecule has 0 aliphatic carbocycles. The molecule has 94 valence electrons. The highest BCUT2D eigenvalue weighted by Crippen LogP contribution is 2.33. The molecule has 1 aliphatic rings. The van der Waals surface area contributed by atoms with Gasteiger partial charge in [0, 0.05) is 23.6 Å². The minimum absolute atomic E-state index is 0.176. The third-order valence-electron chi connectivity index (χ3n) is 2.59. The molecule has 1 aromatic rings. The van der Waals surface area contributed by atoms with E-state index in [-0.39, 0.29) is 11.6 Å². The minimum Gasteiger partial charge on any atom is -0.310 e. The van der Waals surface area contributed by atoms with E-state index in [1.807, 2.05) is 0 Å². The van der Waals surface area contributed by atoms with Crippen molar-refractivity contribution in [3.05, 3.63) is 34.3 Å². The second kappa shape index (κ2) is 4.96. The van der Waals surface area contributed by atoms with Gasteiger partial charge in [0.1, 0.15) is 6.04 Å². The predicted octanol–water partition coefficient (Wildman–Crippen LogP) is 2.61. The summed E-state index contributed by atoms with van der Waals surface area (Å²) < 4.78 is 39.4. The van der Waals surface area contributed by atoms with E-state index in [0.29, 0.717) is 6.54 Å². The minimum atomic E-state index is -4.28. The highest BCUT2D eigenvalue weighted by molar-refractivity contribution is 9.10. The molecule has 0 unspecified atom stereocenters. The summed E-state index contributed by atoms with van der Waals surface area (Å²) in [6.07, 6.45) is -4.28. The fourth-order valence-corrected chi connectivity index (χ4v) is 1.83. The van der Waals surface area contributed by atoms with Crippen LogP contribution in [0.3, 0.4) is 0 Å². The Balaban J connectivity index is 2.10. The van der Waals surface area contributed by atoms with E-state index in [1.165, 1.54) is 12.1 Å². The number of benzene rings is 1. The van der Waals surface area contributed by atoms with Crippen LogP contribution in [0.4, 0.5) is 13.2 Å². The van der Waals surface area contributed by atoms with Gasteiger partial charge in [-0.2, -0.15) is 13.2 Å². The summed E-state index contributed by atoms with van der Waals surface area (Å²) in [7, 11) is 0. The normalized spacial score (nSPS) is 21.3. The summed E-state index contributed by atoms with van der Waals surface area (Å²) in [6, 6.07) is 4.77. The maximum absolute atomic E-state index is 12.9. The molecule has 1 heterocycles. The summed E-state index contributed by atoms with van der Waals surface area (Å²) in [6.45, 7) is 1.12. The Hall–Kier alpha value is -0.590. The van der Waals surface area contributed by atoms with Crippen LogP contribution in [0.1, 0.15) is 11.6 Å². The highest BCUT2D eigenvalue weighted by Gasteiger charge is 2.41. The molecule has 0 spiro atoms. The van der Waals surface area contributed by atoms with E-state index in [4.69, 9.17) is 0 Å². The summed E-state index contributed by atoms with van der Waals surface area (Å²) >= 11 is 3.21. The lowest BCUT2D eigenvalue weighted by atomic mass is 10.1. The third-order valence-corrected chi connectivity index (χ3v) is 3.12.